The Hall–Kier alpha value is -0.410. The molecule has 3 heteroatoms. The summed E-state index contributed by atoms with van der Waals surface area (Å²) in [6, 6.07) is 0.829. The van der Waals surface area contributed by atoms with Crippen LogP contribution in [0, 0.1) is 0 Å². The van der Waals surface area contributed by atoms with E-state index in [1.54, 1.807) is 4.88 Å². The Morgan fingerprint density at radius 3 is 2.52 bits per heavy atom. The maximum Gasteiger partial charge on any atom is 0.0962 e. The lowest BCUT2D eigenvalue weighted by atomic mass is 9.91. The molecule has 1 atom stereocenters. The van der Waals surface area contributed by atoms with Crippen LogP contribution in [0.5, 0.6) is 0 Å². The van der Waals surface area contributed by atoms with Crippen LogP contribution in [0.1, 0.15) is 91.6 Å². The Morgan fingerprint density at radius 2 is 1.76 bits per heavy atom. The van der Waals surface area contributed by atoms with E-state index in [2.05, 4.69) is 16.7 Å². The van der Waals surface area contributed by atoms with Crippen molar-refractivity contribution in [1.82, 2.24) is 10.3 Å². The number of hydrogen-bond acceptors (Lipinski definition) is 3. The van der Waals surface area contributed by atoms with Gasteiger partial charge in [-0.1, -0.05) is 25.7 Å². The number of hydrogen-bond donors (Lipinski definition) is 1. The average molecular weight is 305 g/mol. The van der Waals surface area contributed by atoms with Gasteiger partial charge in [-0.25, -0.2) is 4.98 Å². The number of thiazole rings is 1. The molecule has 4 rings (SSSR count). The Labute approximate surface area is 132 Å². The van der Waals surface area contributed by atoms with Crippen LogP contribution in [0.4, 0.5) is 0 Å². The number of nitrogens with one attached hydrogen (secondary N) is 1. The molecule has 3 aliphatic rings. The number of fused-ring (bicyclic) bond motifs is 1. The van der Waals surface area contributed by atoms with Crippen molar-refractivity contribution in [3.63, 3.8) is 0 Å². The van der Waals surface area contributed by atoms with E-state index < -0.39 is 0 Å². The molecule has 0 radical (unpaired) electrons. The quantitative estimate of drug-likeness (QED) is 0.812. The molecule has 2 saturated carbocycles. The van der Waals surface area contributed by atoms with Crippen molar-refractivity contribution < 1.29 is 0 Å². The van der Waals surface area contributed by atoms with E-state index in [0.29, 0.717) is 5.92 Å². The molecule has 1 aromatic rings. The smallest absolute Gasteiger partial charge is 0.0962 e. The van der Waals surface area contributed by atoms with Gasteiger partial charge in [-0.05, 0) is 44.9 Å². The average Bonchev–Trinajstić information content (AvgIpc) is 3.28. The summed E-state index contributed by atoms with van der Waals surface area (Å²) in [7, 11) is 0. The first-order chi connectivity index (χ1) is 10.4. The predicted octanol–water partition coefficient (Wildman–Crippen LogP) is 4.75. The molecule has 0 aromatic carbocycles. The highest BCUT2D eigenvalue weighted by Crippen LogP contribution is 2.40. The molecular formula is C18H28N2S. The van der Waals surface area contributed by atoms with Crippen LogP contribution in [0.3, 0.4) is 0 Å². The number of aryl methyl sites for hydroxylation is 1. The van der Waals surface area contributed by atoms with Gasteiger partial charge in [0.05, 0.1) is 10.7 Å². The minimum absolute atomic E-state index is 0.699. The number of aromatic nitrogens is 1. The molecule has 116 valence electrons. The van der Waals surface area contributed by atoms with E-state index in [4.69, 9.17) is 4.98 Å². The van der Waals surface area contributed by atoms with Crippen molar-refractivity contribution >= 4 is 11.3 Å². The third kappa shape index (κ3) is 3.34. The molecule has 3 aliphatic carbocycles. The third-order valence-corrected chi connectivity index (χ3v) is 6.82. The molecule has 0 saturated heterocycles. The molecule has 2 nitrogen and oxygen atoms in total. The van der Waals surface area contributed by atoms with Gasteiger partial charge in [0.2, 0.25) is 0 Å². The van der Waals surface area contributed by atoms with Crippen LogP contribution >= 0.6 is 11.3 Å². The Bertz CT molecular complexity index is 470. The maximum atomic E-state index is 5.17. The summed E-state index contributed by atoms with van der Waals surface area (Å²) in [6.07, 6.45) is 15.3. The summed E-state index contributed by atoms with van der Waals surface area (Å²) in [5.41, 5.74) is 1.48. The van der Waals surface area contributed by atoms with E-state index in [0.717, 1.165) is 12.0 Å². The number of rotatable bonds is 4. The van der Waals surface area contributed by atoms with E-state index >= 15 is 0 Å². The zero-order valence-electron chi connectivity index (χ0n) is 13.1. The van der Waals surface area contributed by atoms with Gasteiger partial charge < -0.3 is 5.32 Å². The molecule has 2 fully saturated rings. The summed E-state index contributed by atoms with van der Waals surface area (Å²) in [4.78, 5) is 6.80. The fraction of sp³-hybridized carbons (Fsp3) is 0.833. The Morgan fingerprint density at radius 1 is 0.952 bits per heavy atom. The van der Waals surface area contributed by atoms with E-state index in [1.165, 1.54) is 87.9 Å². The van der Waals surface area contributed by atoms with Crippen LogP contribution in [-0.4, -0.2) is 17.6 Å². The van der Waals surface area contributed by atoms with Gasteiger partial charge in [0.15, 0.2) is 0 Å². The van der Waals surface area contributed by atoms with Gasteiger partial charge in [-0.3, -0.25) is 0 Å². The molecule has 1 aromatic heterocycles. The molecular weight excluding hydrogens is 276 g/mol. The summed E-state index contributed by atoms with van der Waals surface area (Å²) in [5, 5.41) is 5.22. The third-order valence-electron chi connectivity index (χ3n) is 5.52. The molecule has 0 aliphatic heterocycles. The summed E-state index contributed by atoms with van der Waals surface area (Å²) in [6.45, 7) is 1.17. The molecule has 0 bridgehead atoms. The standard InChI is InChI=1S/C18H28N2S/c1-2-4-7-13(6-3-1)18-20-17-14(12-19-15-10-11-15)8-5-9-16(17)21-18/h13-15,19H,1-12H2. The van der Waals surface area contributed by atoms with Crippen LogP contribution in [-0.2, 0) is 6.42 Å². The fourth-order valence-electron chi connectivity index (χ4n) is 4.02. The summed E-state index contributed by atoms with van der Waals surface area (Å²) >= 11 is 2.07. The SMILES string of the molecule is C1CCCC(c2nc3c(s2)CCCC3CNC2CC2)CC1. The Kier molecular flexibility index (Phi) is 4.31. The van der Waals surface area contributed by atoms with Crippen molar-refractivity contribution in [2.24, 2.45) is 0 Å². The first-order valence-electron chi connectivity index (χ1n) is 9.13. The van der Waals surface area contributed by atoms with Gasteiger partial charge in [0.1, 0.15) is 0 Å². The van der Waals surface area contributed by atoms with Gasteiger partial charge in [0, 0.05) is 29.3 Å². The van der Waals surface area contributed by atoms with E-state index in [9.17, 15) is 0 Å². The number of nitrogens with zero attached hydrogens (tertiary/aromatic N) is 1. The van der Waals surface area contributed by atoms with Crippen molar-refractivity contribution in [2.75, 3.05) is 6.54 Å². The van der Waals surface area contributed by atoms with Crippen LogP contribution in [0.15, 0.2) is 0 Å². The van der Waals surface area contributed by atoms with Crippen LogP contribution in [0.2, 0.25) is 0 Å². The monoisotopic (exact) mass is 304 g/mol. The lowest BCUT2D eigenvalue weighted by molar-refractivity contribution is 0.497. The zero-order valence-corrected chi connectivity index (χ0v) is 13.9. The minimum Gasteiger partial charge on any atom is -0.313 e. The summed E-state index contributed by atoms with van der Waals surface area (Å²) in [5.74, 6) is 1.48. The molecule has 1 heterocycles. The second kappa shape index (κ2) is 6.37. The highest BCUT2D eigenvalue weighted by Gasteiger charge is 2.29. The molecule has 1 unspecified atom stereocenters. The molecule has 0 spiro atoms. The molecule has 1 N–H and O–H groups in total. The van der Waals surface area contributed by atoms with E-state index in [-0.39, 0.29) is 0 Å². The zero-order chi connectivity index (χ0) is 14.1. The van der Waals surface area contributed by atoms with Crippen molar-refractivity contribution in [2.45, 2.75) is 88.5 Å². The van der Waals surface area contributed by atoms with Crippen molar-refractivity contribution in [3.8, 4) is 0 Å². The Balaban J connectivity index is 1.49. The first kappa shape index (κ1) is 14.2. The van der Waals surface area contributed by atoms with Gasteiger partial charge in [0.25, 0.3) is 0 Å². The van der Waals surface area contributed by atoms with E-state index in [1.807, 2.05) is 0 Å². The normalized spacial score (nSPS) is 27.3. The minimum atomic E-state index is 0.699. The van der Waals surface area contributed by atoms with Crippen LogP contribution < -0.4 is 5.32 Å². The van der Waals surface area contributed by atoms with Gasteiger partial charge in [-0.15, -0.1) is 11.3 Å². The second-order valence-electron chi connectivity index (χ2n) is 7.32. The lowest BCUT2D eigenvalue weighted by Crippen LogP contribution is -2.25. The largest absolute Gasteiger partial charge is 0.313 e. The van der Waals surface area contributed by atoms with Crippen LogP contribution in [0.25, 0.3) is 0 Å². The fourth-order valence-corrected chi connectivity index (χ4v) is 5.38. The summed E-state index contributed by atoms with van der Waals surface area (Å²) < 4.78 is 0. The topological polar surface area (TPSA) is 24.9 Å². The van der Waals surface area contributed by atoms with Crippen molar-refractivity contribution in [3.05, 3.63) is 15.6 Å². The van der Waals surface area contributed by atoms with Gasteiger partial charge >= 0.3 is 0 Å². The molecule has 21 heavy (non-hydrogen) atoms. The maximum absolute atomic E-state index is 5.17. The first-order valence-corrected chi connectivity index (χ1v) is 9.94. The van der Waals surface area contributed by atoms with Crippen molar-refractivity contribution in [1.29, 1.82) is 0 Å². The van der Waals surface area contributed by atoms with Gasteiger partial charge in [-0.2, -0.15) is 0 Å². The lowest BCUT2D eigenvalue weighted by Gasteiger charge is -2.21. The molecule has 0 amide bonds. The highest BCUT2D eigenvalue weighted by atomic mass is 32.1. The second-order valence-corrected chi connectivity index (χ2v) is 8.44. The highest BCUT2D eigenvalue weighted by molar-refractivity contribution is 7.11. The predicted molar refractivity (Wildman–Crippen MR) is 89.3 cm³/mol.